The van der Waals surface area contributed by atoms with Crippen LogP contribution >= 0.6 is 0 Å². The summed E-state index contributed by atoms with van der Waals surface area (Å²) in [5.41, 5.74) is 0.404. The molecule has 0 radical (unpaired) electrons. The Morgan fingerprint density at radius 3 is 2.90 bits per heavy atom. The van der Waals surface area contributed by atoms with E-state index in [1.165, 1.54) is 23.0 Å². The van der Waals surface area contributed by atoms with Crippen molar-refractivity contribution in [1.82, 2.24) is 9.78 Å². The molecule has 1 unspecified atom stereocenters. The zero-order valence-corrected chi connectivity index (χ0v) is 11.0. The minimum absolute atomic E-state index is 0.0705. The fourth-order valence-corrected chi connectivity index (χ4v) is 2.14. The van der Waals surface area contributed by atoms with Gasteiger partial charge in [0.25, 0.3) is 5.69 Å². The van der Waals surface area contributed by atoms with E-state index in [0.717, 1.165) is 12.8 Å². The lowest BCUT2D eigenvalue weighted by molar-refractivity contribution is -0.384. The zero-order chi connectivity index (χ0) is 14.7. The molecule has 106 valence electrons. The maximum absolute atomic E-state index is 11.4. The highest BCUT2D eigenvalue weighted by Gasteiger charge is 2.22. The lowest BCUT2D eigenvalue weighted by Crippen LogP contribution is -2.20. The molecule has 1 heterocycles. The monoisotopic (exact) mass is 277 g/mol. The molecule has 0 amide bonds. The number of nitro benzene ring substituents is 1. The van der Waals surface area contributed by atoms with Gasteiger partial charge in [0, 0.05) is 17.5 Å². The molecule has 0 aliphatic heterocycles. The Morgan fingerprint density at radius 2 is 2.30 bits per heavy atom. The Bertz CT molecular complexity index is 650. The van der Waals surface area contributed by atoms with Crippen molar-refractivity contribution < 1.29 is 14.8 Å². The Kier molecular flexibility index (Phi) is 3.97. The van der Waals surface area contributed by atoms with Crippen LogP contribution in [0.15, 0.2) is 24.4 Å². The third-order valence-electron chi connectivity index (χ3n) is 3.20. The number of aromatic nitrogens is 2. The smallest absolute Gasteiger partial charge is 0.328 e. The average Bonchev–Trinajstić information content (AvgIpc) is 2.82. The molecule has 0 fully saturated rings. The number of unbranched alkanes of at least 4 members (excludes halogenated alkanes) is 1. The van der Waals surface area contributed by atoms with Gasteiger partial charge in [-0.05, 0) is 12.5 Å². The summed E-state index contributed by atoms with van der Waals surface area (Å²) >= 11 is 0. The van der Waals surface area contributed by atoms with E-state index in [9.17, 15) is 20.0 Å². The number of nitro groups is 1. The molecule has 1 aromatic heterocycles. The summed E-state index contributed by atoms with van der Waals surface area (Å²) in [5, 5.41) is 24.9. The predicted molar refractivity (Wildman–Crippen MR) is 72.6 cm³/mol. The van der Waals surface area contributed by atoms with Crippen molar-refractivity contribution in [3.8, 4) is 0 Å². The number of aliphatic carboxylic acids is 1. The average molecular weight is 277 g/mol. The Morgan fingerprint density at radius 1 is 1.55 bits per heavy atom. The molecule has 0 aliphatic rings. The van der Waals surface area contributed by atoms with Gasteiger partial charge in [-0.2, -0.15) is 5.10 Å². The summed E-state index contributed by atoms with van der Waals surface area (Å²) in [5.74, 6) is -0.977. The van der Waals surface area contributed by atoms with E-state index >= 15 is 0 Å². The number of nitrogens with zero attached hydrogens (tertiary/aromatic N) is 3. The number of hydrogen-bond donors (Lipinski definition) is 1. The molecule has 0 spiro atoms. The summed E-state index contributed by atoms with van der Waals surface area (Å²) in [7, 11) is 0. The van der Waals surface area contributed by atoms with Crippen LogP contribution in [0.2, 0.25) is 0 Å². The summed E-state index contributed by atoms with van der Waals surface area (Å²) in [6.45, 7) is 1.98. The standard InChI is InChI=1S/C13H15N3O4/c1-2-3-4-11(13(17)18)15-12-7-10(16(19)20)6-5-9(12)8-14-15/h5-8,11H,2-4H2,1H3,(H,17,18). The molecule has 1 N–H and O–H groups in total. The van der Waals surface area contributed by atoms with Crippen molar-refractivity contribution in [3.63, 3.8) is 0 Å². The number of benzene rings is 1. The van der Waals surface area contributed by atoms with Gasteiger partial charge in [-0.25, -0.2) is 4.79 Å². The lowest BCUT2D eigenvalue weighted by Gasteiger charge is -2.13. The van der Waals surface area contributed by atoms with Gasteiger partial charge in [-0.15, -0.1) is 0 Å². The van der Waals surface area contributed by atoms with Crippen LogP contribution in [-0.2, 0) is 4.79 Å². The molecular formula is C13H15N3O4. The van der Waals surface area contributed by atoms with E-state index in [1.807, 2.05) is 6.92 Å². The van der Waals surface area contributed by atoms with Crippen LogP contribution in [0.1, 0.15) is 32.2 Å². The van der Waals surface area contributed by atoms with Crippen molar-refractivity contribution >= 4 is 22.6 Å². The van der Waals surface area contributed by atoms with E-state index in [1.54, 1.807) is 6.07 Å². The minimum atomic E-state index is -0.977. The normalized spacial score (nSPS) is 12.4. The molecule has 20 heavy (non-hydrogen) atoms. The molecule has 0 bridgehead atoms. The van der Waals surface area contributed by atoms with Crippen molar-refractivity contribution in [3.05, 3.63) is 34.5 Å². The summed E-state index contributed by atoms with van der Waals surface area (Å²) < 4.78 is 1.36. The predicted octanol–water partition coefficient (Wildman–Crippen LogP) is 2.76. The number of fused-ring (bicyclic) bond motifs is 1. The second-order valence-corrected chi connectivity index (χ2v) is 4.59. The van der Waals surface area contributed by atoms with Crippen LogP contribution in [0.5, 0.6) is 0 Å². The van der Waals surface area contributed by atoms with Crippen LogP contribution in [0.25, 0.3) is 10.9 Å². The van der Waals surface area contributed by atoms with Gasteiger partial charge in [0.1, 0.15) is 6.04 Å². The maximum Gasteiger partial charge on any atom is 0.328 e. The largest absolute Gasteiger partial charge is 0.480 e. The number of carboxylic acid groups (broad SMARTS) is 1. The van der Waals surface area contributed by atoms with Crippen molar-refractivity contribution in [2.24, 2.45) is 0 Å². The first-order chi connectivity index (χ1) is 9.54. The highest BCUT2D eigenvalue weighted by Crippen LogP contribution is 2.25. The summed E-state index contributed by atoms with van der Waals surface area (Å²) in [6.07, 6.45) is 3.61. The van der Waals surface area contributed by atoms with Gasteiger partial charge in [-0.3, -0.25) is 14.8 Å². The Balaban J connectivity index is 2.48. The molecular weight excluding hydrogens is 262 g/mol. The van der Waals surface area contributed by atoms with Crippen LogP contribution < -0.4 is 0 Å². The van der Waals surface area contributed by atoms with Gasteiger partial charge >= 0.3 is 5.97 Å². The first-order valence-electron chi connectivity index (χ1n) is 6.39. The molecule has 7 heteroatoms. The second kappa shape index (κ2) is 5.68. The Hall–Kier alpha value is -2.44. The van der Waals surface area contributed by atoms with E-state index in [-0.39, 0.29) is 5.69 Å². The molecule has 1 atom stereocenters. The highest BCUT2D eigenvalue weighted by molar-refractivity contribution is 5.83. The second-order valence-electron chi connectivity index (χ2n) is 4.59. The van der Waals surface area contributed by atoms with Crippen LogP contribution in [0.3, 0.4) is 0 Å². The van der Waals surface area contributed by atoms with Crippen molar-refractivity contribution in [2.75, 3.05) is 0 Å². The van der Waals surface area contributed by atoms with Gasteiger partial charge in [-0.1, -0.05) is 19.8 Å². The van der Waals surface area contributed by atoms with Gasteiger partial charge < -0.3 is 5.11 Å². The first kappa shape index (κ1) is 14.0. The van der Waals surface area contributed by atoms with Gasteiger partial charge in [0.2, 0.25) is 0 Å². The minimum Gasteiger partial charge on any atom is -0.480 e. The highest BCUT2D eigenvalue weighted by atomic mass is 16.6. The quantitative estimate of drug-likeness (QED) is 0.646. The molecule has 0 aliphatic carbocycles. The van der Waals surface area contributed by atoms with E-state index in [4.69, 9.17) is 0 Å². The molecule has 1 aromatic carbocycles. The topological polar surface area (TPSA) is 98.3 Å². The number of hydrogen-bond acceptors (Lipinski definition) is 4. The summed E-state index contributed by atoms with van der Waals surface area (Å²) in [4.78, 5) is 21.7. The molecule has 0 saturated carbocycles. The van der Waals surface area contributed by atoms with Crippen LogP contribution in [-0.4, -0.2) is 25.8 Å². The lowest BCUT2D eigenvalue weighted by atomic mass is 10.1. The molecule has 2 aromatic rings. The third kappa shape index (κ3) is 2.61. The molecule has 2 rings (SSSR count). The van der Waals surface area contributed by atoms with Crippen molar-refractivity contribution in [2.45, 2.75) is 32.2 Å². The zero-order valence-electron chi connectivity index (χ0n) is 11.0. The van der Waals surface area contributed by atoms with E-state index < -0.39 is 16.9 Å². The van der Waals surface area contributed by atoms with Crippen molar-refractivity contribution in [1.29, 1.82) is 0 Å². The number of carboxylic acids is 1. The number of rotatable bonds is 6. The first-order valence-corrected chi connectivity index (χ1v) is 6.39. The number of carbonyl (C=O) groups is 1. The van der Waals surface area contributed by atoms with Gasteiger partial charge in [0.05, 0.1) is 16.6 Å². The van der Waals surface area contributed by atoms with Crippen LogP contribution in [0, 0.1) is 10.1 Å². The van der Waals surface area contributed by atoms with Gasteiger partial charge in [0.15, 0.2) is 0 Å². The maximum atomic E-state index is 11.4. The van der Waals surface area contributed by atoms with Crippen LogP contribution in [0.4, 0.5) is 5.69 Å². The summed E-state index contributed by atoms with van der Waals surface area (Å²) in [6, 6.07) is 3.53. The van der Waals surface area contributed by atoms with E-state index in [0.29, 0.717) is 17.3 Å². The van der Waals surface area contributed by atoms with E-state index in [2.05, 4.69) is 5.10 Å². The molecule has 0 saturated heterocycles. The number of non-ortho nitro benzene ring substituents is 1. The fourth-order valence-electron chi connectivity index (χ4n) is 2.14. The SMILES string of the molecule is CCCCC(C(=O)O)n1ncc2ccc([N+](=O)[O-])cc21. The fraction of sp³-hybridized carbons (Fsp3) is 0.385. The third-order valence-corrected chi connectivity index (χ3v) is 3.20. The Labute approximate surface area is 115 Å². The molecule has 7 nitrogen and oxygen atoms in total.